The maximum Gasteiger partial charge on any atom is 0.191 e. The molecule has 0 radical (unpaired) electrons. The molecule has 0 saturated carbocycles. The van der Waals surface area contributed by atoms with E-state index in [4.69, 9.17) is 4.74 Å². The fourth-order valence-electron chi connectivity index (χ4n) is 3.53. The van der Waals surface area contributed by atoms with Crippen LogP contribution >= 0.6 is 35.7 Å². The van der Waals surface area contributed by atoms with E-state index in [1.165, 1.54) is 5.56 Å². The fraction of sp³-hybridized carbons (Fsp3) is 0.682. The SMILES string of the molecule is CCSC1(CNC(=NC)NCCC(C)N(C)Cc2ccccc2)CCOCC1.I. The molecule has 2 rings (SSSR count). The van der Waals surface area contributed by atoms with E-state index < -0.39 is 0 Å². The molecular formula is C22H39IN4OS. The molecule has 1 aliphatic heterocycles. The number of aliphatic imine (C=N–C) groups is 1. The molecule has 2 N–H and O–H groups in total. The van der Waals surface area contributed by atoms with Crippen LogP contribution in [0.1, 0.15) is 38.7 Å². The molecule has 1 atom stereocenters. The summed E-state index contributed by atoms with van der Waals surface area (Å²) in [4.78, 5) is 6.82. The van der Waals surface area contributed by atoms with Gasteiger partial charge in [0.2, 0.25) is 0 Å². The van der Waals surface area contributed by atoms with Gasteiger partial charge in [-0.2, -0.15) is 11.8 Å². The van der Waals surface area contributed by atoms with Crippen LogP contribution in [0.3, 0.4) is 0 Å². The number of rotatable bonds is 10. The molecule has 1 saturated heterocycles. The first kappa shape index (κ1) is 26.5. The van der Waals surface area contributed by atoms with Crippen molar-refractivity contribution < 1.29 is 4.74 Å². The molecule has 1 aromatic carbocycles. The lowest BCUT2D eigenvalue weighted by Crippen LogP contribution is -2.48. The zero-order valence-corrected chi connectivity index (χ0v) is 21.6. The van der Waals surface area contributed by atoms with Gasteiger partial charge in [0.25, 0.3) is 0 Å². The zero-order chi connectivity index (χ0) is 20.2. The smallest absolute Gasteiger partial charge is 0.191 e. The highest BCUT2D eigenvalue weighted by atomic mass is 127. The summed E-state index contributed by atoms with van der Waals surface area (Å²) < 4.78 is 5.84. The second kappa shape index (κ2) is 14.5. The summed E-state index contributed by atoms with van der Waals surface area (Å²) in [5.74, 6) is 2.04. The highest BCUT2D eigenvalue weighted by molar-refractivity contribution is 14.0. The molecule has 166 valence electrons. The van der Waals surface area contributed by atoms with Crippen LogP contribution in [0.2, 0.25) is 0 Å². The molecular weight excluding hydrogens is 495 g/mol. The topological polar surface area (TPSA) is 48.9 Å². The highest BCUT2D eigenvalue weighted by Crippen LogP contribution is 2.34. The van der Waals surface area contributed by atoms with Crippen LogP contribution in [0.4, 0.5) is 0 Å². The Morgan fingerprint density at radius 1 is 1.24 bits per heavy atom. The Labute approximate surface area is 198 Å². The minimum Gasteiger partial charge on any atom is -0.381 e. The van der Waals surface area contributed by atoms with Gasteiger partial charge in [0.1, 0.15) is 0 Å². The minimum atomic E-state index is 0. The third-order valence-corrected chi connectivity index (χ3v) is 6.99. The number of nitrogens with one attached hydrogen (secondary N) is 2. The maximum atomic E-state index is 5.57. The first-order valence-corrected chi connectivity index (χ1v) is 11.5. The van der Waals surface area contributed by atoms with Gasteiger partial charge < -0.3 is 15.4 Å². The average Bonchev–Trinajstić information content (AvgIpc) is 2.72. The van der Waals surface area contributed by atoms with Gasteiger partial charge in [-0.1, -0.05) is 37.3 Å². The van der Waals surface area contributed by atoms with Gasteiger partial charge in [-0.05, 0) is 44.6 Å². The van der Waals surface area contributed by atoms with Crippen LogP contribution in [0.15, 0.2) is 35.3 Å². The second-order valence-corrected chi connectivity index (χ2v) is 9.35. The summed E-state index contributed by atoms with van der Waals surface area (Å²) in [7, 11) is 4.05. The molecule has 1 unspecified atom stereocenters. The molecule has 1 heterocycles. The molecule has 0 bridgehead atoms. The standard InChI is InChI=1S/C22H38N4OS.HI/c1-5-28-22(12-15-27-16-13-22)18-25-21(23-3)24-14-11-19(2)26(4)17-20-9-7-6-8-10-20;/h6-10,19H,5,11-18H2,1-4H3,(H2,23,24,25);1H. The second-order valence-electron chi connectivity index (χ2n) is 7.62. The molecule has 5 nitrogen and oxygen atoms in total. The molecule has 0 aliphatic carbocycles. The van der Waals surface area contributed by atoms with E-state index >= 15 is 0 Å². The van der Waals surface area contributed by atoms with Gasteiger partial charge in [-0.3, -0.25) is 9.89 Å². The largest absolute Gasteiger partial charge is 0.381 e. The zero-order valence-electron chi connectivity index (χ0n) is 18.4. The van der Waals surface area contributed by atoms with Crippen molar-refractivity contribution in [2.24, 2.45) is 4.99 Å². The molecule has 7 heteroatoms. The van der Waals surface area contributed by atoms with Crippen molar-refractivity contribution in [1.82, 2.24) is 15.5 Å². The molecule has 0 amide bonds. The summed E-state index contributed by atoms with van der Waals surface area (Å²) in [6, 6.07) is 11.2. The summed E-state index contributed by atoms with van der Waals surface area (Å²) in [5, 5.41) is 7.05. The van der Waals surface area contributed by atoms with Gasteiger partial charge in [-0.15, -0.1) is 24.0 Å². The number of hydrogen-bond donors (Lipinski definition) is 2. The van der Waals surface area contributed by atoms with E-state index in [1.54, 1.807) is 0 Å². The van der Waals surface area contributed by atoms with Crippen LogP contribution in [0.25, 0.3) is 0 Å². The van der Waals surface area contributed by atoms with Crippen molar-refractivity contribution in [1.29, 1.82) is 0 Å². The first-order valence-electron chi connectivity index (χ1n) is 10.5. The average molecular weight is 535 g/mol. The first-order chi connectivity index (χ1) is 13.6. The lowest BCUT2D eigenvalue weighted by atomic mass is 9.99. The minimum absolute atomic E-state index is 0. The highest BCUT2D eigenvalue weighted by Gasteiger charge is 2.32. The molecule has 1 aromatic rings. The van der Waals surface area contributed by atoms with Crippen LogP contribution in [0.5, 0.6) is 0 Å². The van der Waals surface area contributed by atoms with Gasteiger partial charge in [0, 0.05) is 50.7 Å². The van der Waals surface area contributed by atoms with Crippen LogP contribution in [-0.4, -0.2) is 67.8 Å². The normalized spacial score (nSPS) is 17.5. The predicted octanol–water partition coefficient (Wildman–Crippen LogP) is 3.98. The van der Waals surface area contributed by atoms with E-state index in [1.807, 2.05) is 7.05 Å². The summed E-state index contributed by atoms with van der Waals surface area (Å²) in [5.41, 5.74) is 1.36. The van der Waals surface area contributed by atoms with Crippen molar-refractivity contribution in [2.45, 2.75) is 50.4 Å². The van der Waals surface area contributed by atoms with Gasteiger partial charge in [-0.25, -0.2) is 0 Å². The molecule has 1 fully saturated rings. The monoisotopic (exact) mass is 534 g/mol. The fourth-order valence-corrected chi connectivity index (χ4v) is 4.78. The third-order valence-electron chi connectivity index (χ3n) is 5.54. The Morgan fingerprint density at radius 2 is 1.93 bits per heavy atom. The van der Waals surface area contributed by atoms with Crippen molar-refractivity contribution in [2.75, 3.05) is 46.2 Å². The summed E-state index contributed by atoms with van der Waals surface area (Å²) in [6.07, 6.45) is 3.29. The van der Waals surface area contributed by atoms with E-state index in [0.29, 0.717) is 6.04 Å². The summed E-state index contributed by atoms with van der Waals surface area (Å²) in [6.45, 7) is 9.10. The van der Waals surface area contributed by atoms with Crippen LogP contribution in [-0.2, 0) is 11.3 Å². The number of halogens is 1. The number of benzene rings is 1. The Balaban J connectivity index is 0.00000420. The molecule has 29 heavy (non-hydrogen) atoms. The van der Waals surface area contributed by atoms with Crippen LogP contribution in [0, 0.1) is 0 Å². The van der Waals surface area contributed by atoms with Crippen molar-refractivity contribution in [3.8, 4) is 0 Å². The number of guanidine groups is 1. The predicted molar refractivity (Wildman–Crippen MR) is 138 cm³/mol. The Bertz CT molecular complexity index is 576. The Kier molecular flexibility index (Phi) is 13.3. The van der Waals surface area contributed by atoms with E-state index in [0.717, 1.165) is 63.8 Å². The number of thioether (sulfide) groups is 1. The van der Waals surface area contributed by atoms with Gasteiger partial charge in [0.15, 0.2) is 5.96 Å². The molecule has 0 aromatic heterocycles. The quantitative estimate of drug-likeness (QED) is 0.270. The lowest BCUT2D eigenvalue weighted by Gasteiger charge is -2.37. The summed E-state index contributed by atoms with van der Waals surface area (Å²) >= 11 is 2.05. The Hall–Kier alpha value is -0.510. The van der Waals surface area contributed by atoms with E-state index in [2.05, 4.69) is 83.5 Å². The van der Waals surface area contributed by atoms with Crippen molar-refractivity contribution in [3.05, 3.63) is 35.9 Å². The van der Waals surface area contributed by atoms with Crippen molar-refractivity contribution in [3.63, 3.8) is 0 Å². The molecule has 1 aliphatic rings. The number of ether oxygens (including phenoxy) is 1. The van der Waals surface area contributed by atoms with Gasteiger partial charge >= 0.3 is 0 Å². The Morgan fingerprint density at radius 3 is 2.55 bits per heavy atom. The van der Waals surface area contributed by atoms with Crippen LogP contribution < -0.4 is 10.6 Å². The lowest BCUT2D eigenvalue weighted by molar-refractivity contribution is 0.0782. The maximum absolute atomic E-state index is 5.57. The molecule has 0 spiro atoms. The van der Waals surface area contributed by atoms with Gasteiger partial charge in [0.05, 0.1) is 0 Å². The van der Waals surface area contributed by atoms with Crippen molar-refractivity contribution >= 4 is 41.7 Å². The third kappa shape index (κ3) is 9.44. The number of nitrogens with zero attached hydrogens (tertiary/aromatic N) is 2. The number of hydrogen-bond acceptors (Lipinski definition) is 4. The van der Waals surface area contributed by atoms with E-state index in [-0.39, 0.29) is 28.7 Å². The van der Waals surface area contributed by atoms with E-state index in [9.17, 15) is 0 Å².